The highest BCUT2D eigenvalue weighted by Crippen LogP contribution is 2.14. The Bertz CT molecular complexity index is 490. The van der Waals surface area contributed by atoms with Gasteiger partial charge < -0.3 is 10.2 Å². The smallest absolute Gasteiger partial charge is 0.236 e. The molecule has 1 heterocycles. The number of hydrogen-bond donors (Lipinski definition) is 1. The molecule has 1 saturated heterocycles. The molecule has 1 amide bonds. The Balaban J connectivity index is 2.13. The van der Waals surface area contributed by atoms with Gasteiger partial charge in [-0.25, -0.2) is 0 Å². The number of amides is 1. The summed E-state index contributed by atoms with van der Waals surface area (Å²) in [6.07, 6.45) is 0.987. The van der Waals surface area contributed by atoms with E-state index in [0.29, 0.717) is 18.7 Å². The van der Waals surface area contributed by atoms with Crippen molar-refractivity contribution in [3.05, 3.63) is 34.9 Å². The van der Waals surface area contributed by atoms with Crippen LogP contribution < -0.4 is 5.32 Å². The maximum atomic E-state index is 11.9. The van der Waals surface area contributed by atoms with E-state index >= 15 is 0 Å². The summed E-state index contributed by atoms with van der Waals surface area (Å²) in [4.78, 5) is 13.7. The van der Waals surface area contributed by atoms with Crippen molar-refractivity contribution in [2.24, 2.45) is 0 Å². The van der Waals surface area contributed by atoms with E-state index in [-0.39, 0.29) is 5.91 Å². The quantitative estimate of drug-likeness (QED) is 0.849. The second-order valence-electron chi connectivity index (χ2n) is 4.60. The summed E-state index contributed by atoms with van der Waals surface area (Å²) in [5, 5.41) is 11.9. The first-order valence-electron chi connectivity index (χ1n) is 6.19. The third kappa shape index (κ3) is 2.88. The van der Waals surface area contributed by atoms with Crippen molar-refractivity contribution in [3.63, 3.8) is 0 Å². The van der Waals surface area contributed by atoms with Gasteiger partial charge in [-0.1, -0.05) is 6.07 Å². The van der Waals surface area contributed by atoms with Crippen LogP contribution >= 0.6 is 0 Å². The number of rotatable bonds is 2. The number of aryl methyl sites for hydroxylation is 1. The van der Waals surface area contributed by atoms with E-state index in [0.717, 1.165) is 30.6 Å². The SMILES string of the molecule is Cc1cc(C#N)ccc1CN1CCCNCC1=O. The Morgan fingerprint density at radius 2 is 2.33 bits per heavy atom. The van der Waals surface area contributed by atoms with Crippen molar-refractivity contribution in [1.29, 1.82) is 5.26 Å². The van der Waals surface area contributed by atoms with Crippen LogP contribution in [0.25, 0.3) is 0 Å². The molecular weight excluding hydrogens is 226 g/mol. The number of nitriles is 1. The maximum absolute atomic E-state index is 11.9. The lowest BCUT2D eigenvalue weighted by atomic mass is 10.1. The average molecular weight is 243 g/mol. The molecule has 1 aromatic rings. The van der Waals surface area contributed by atoms with Crippen LogP contribution in [0, 0.1) is 18.3 Å². The molecule has 0 aliphatic carbocycles. The minimum Gasteiger partial charge on any atom is -0.337 e. The van der Waals surface area contributed by atoms with Gasteiger partial charge in [-0.05, 0) is 43.1 Å². The van der Waals surface area contributed by atoms with Crippen molar-refractivity contribution in [1.82, 2.24) is 10.2 Å². The van der Waals surface area contributed by atoms with Gasteiger partial charge in [0.05, 0.1) is 18.2 Å². The number of hydrogen-bond acceptors (Lipinski definition) is 3. The topological polar surface area (TPSA) is 56.1 Å². The van der Waals surface area contributed by atoms with E-state index in [1.807, 2.05) is 30.0 Å². The lowest BCUT2D eigenvalue weighted by molar-refractivity contribution is -0.130. The van der Waals surface area contributed by atoms with Crippen molar-refractivity contribution in [2.75, 3.05) is 19.6 Å². The Morgan fingerprint density at radius 3 is 3.06 bits per heavy atom. The molecule has 18 heavy (non-hydrogen) atoms. The van der Waals surface area contributed by atoms with Crippen LogP contribution in [-0.2, 0) is 11.3 Å². The minimum atomic E-state index is 0.149. The Hall–Kier alpha value is -1.86. The standard InChI is InChI=1S/C14H17N3O/c1-11-7-12(8-15)3-4-13(11)10-17-6-2-5-16-9-14(17)18/h3-4,7,16H,2,5-6,9-10H2,1H3. The zero-order chi connectivity index (χ0) is 13.0. The molecule has 0 radical (unpaired) electrons. The number of carbonyl (C=O) groups excluding carboxylic acids is 1. The summed E-state index contributed by atoms with van der Waals surface area (Å²) in [5.41, 5.74) is 2.85. The van der Waals surface area contributed by atoms with Crippen LogP contribution in [0.1, 0.15) is 23.1 Å². The molecule has 4 heteroatoms. The van der Waals surface area contributed by atoms with Crippen LogP contribution in [0.3, 0.4) is 0 Å². The van der Waals surface area contributed by atoms with Crippen LogP contribution in [0.15, 0.2) is 18.2 Å². The Morgan fingerprint density at radius 1 is 1.50 bits per heavy atom. The van der Waals surface area contributed by atoms with Gasteiger partial charge in [0, 0.05) is 13.1 Å². The molecule has 1 aliphatic heterocycles. The fourth-order valence-electron chi connectivity index (χ4n) is 2.14. The van der Waals surface area contributed by atoms with Gasteiger partial charge >= 0.3 is 0 Å². The maximum Gasteiger partial charge on any atom is 0.236 e. The third-order valence-corrected chi connectivity index (χ3v) is 3.24. The highest BCUT2D eigenvalue weighted by atomic mass is 16.2. The summed E-state index contributed by atoms with van der Waals surface area (Å²) in [7, 11) is 0. The minimum absolute atomic E-state index is 0.149. The van der Waals surface area contributed by atoms with E-state index in [1.54, 1.807) is 0 Å². The molecular formula is C14H17N3O. The predicted molar refractivity (Wildman–Crippen MR) is 68.8 cm³/mol. The van der Waals surface area contributed by atoms with Gasteiger partial charge in [0.25, 0.3) is 0 Å². The second-order valence-corrected chi connectivity index (χ2v) is 4.60. The third-order valence-electron chi connectivity index (χ3n) is 3.24. The van der Waals surface area contributed by atoms with Gasteiger partial charge in [0.15, 0.2) is 0 Å². The zero-order valence-electron chi connectivity index (χ0n) is 10.6. The fraction of sp³-hybridized carbons (Fsp3) is 0.429. The normalized spacial score (nSPS) is 16.2. The fourth-order valence-corrected chi connectivity index (χ4v) is 2.14. The predicted octanol–water partition coefficient (Wildman–Crippen LogP) is 1.19. The summed E-state index contributed by atoms with van der Waals surface area (Å²) in [6, 6.07) is 7.75. The molecule has 1 fully saturated rings. The van der Waals surface area contributed by atoms with E-state index < -0.39 is 0 Å². The second kappa shape index (κ2) is 5.65. The molecule has 1 aliphatic rings. The molecule has 0 atom stereocenters. The van der Waals surface area contributed by atoms with Crippen molar-refractivity contribution in [3.8, 4) is 6.07 Å². The summed E-state index contributed by atoms with van der Waals surface area (Å²) < 4.78 is 0. The van der Waals surface area contributed by atoms with Gasteiger partial charge in [-0.2, -0.15) is 5.26 Å². The Labute approximate surface area is 107 Å². The first kappa shape index (κ1) is 12.6. The van der Waals surface area contributed by atoms with Crippen molar-refractivity contribution >= 4 is 5.91 Å². The van der Waals surface area contributed by atoms with Crippen LogP contribution in [0.4, 0.5) is 0 Å². The molecule has 1 aromatic carbocycles. The van der Waals surface area contributed by atoms with Crippen molar-refractivity contribution in [2.45, 2.75) is 19.9 Å². The Kier molecular flexibility index (Phi) is 3.96. The van der Waals surface area contributed by atoms with Crippen LogP contribution in [-0.4, -0.2) is 30.4 Å². The molecule has 0 unspecified atom stereocenters. The van der Waals surface area contributed by atoms with Crippen LogP contribution in [0.5, 0.6) is 0 Å². The van der Waals surface area contributed by atoms with Crippen LogP contribution in [0.2, 0.25) is 0 Å². The van der Waals surface area contributed by atoms with Crippen molar-refractivity contribution < 1.29 is 4.79 Å². The van der Waals surface area contributed by atoms with Gasteiger partial charge in [-0.15, -0.1) is 0 Å². The zero-order valence-corrected chi connectivity index (χ0v) is 10.6. The van der Waals surface area contributed by atoms with E-state index in [2.05, 4.69) is 11.4 Å². The van der Waals surface area contributed by atoms with Gasteiger partial charge in [0.2, 0.25) is 5.91 Å². The molecule has 2 rings (SSSR count). The largest absolute Gasteiger partial charge is 0.337 e. The van der Waals surface area contributed by atoms with Gasteiger partial charge in [-0.3, -0.25) is 4.79 Å². The van der Waals surface area contributed by atoms with E-state index in [4.69, 9.17) is 5.26 Å². The first-order chi connectivity index (χ1) is 8.70. The summed E-state index contributed by atoms with van der Waals surface area (Å²) >= 11 is 0. The molecule has 0 saturated carbocycles. The number of benzene rings is 1. The molecule has 1 N–H and O–H groups in total. The number of nitrogens with zero attached hydrogens (tertiary/aromatic N) is 2. The highest BCUT2D eigenvalue weighted by Gasteiger charge is 2.16. The number of carbonyl (C=O) groups is 1. The molecule has 4 nitrogen and oxygen atoms in total. The molecule has 0 bridgehead atoms. The molecule has 0 aromatic heterocycles. The van der Waals surface area contributed by atoms with E-state index in [1.165, 1.54) is 0 Å². The molecule has 94 valence electrons. The highest BCUT2D eigenvalue weighted by molar-refractivity contribution is 5.78. The lowest BCUT2D eigenvalue weighted by Gasteiger charge is -2.21. The first-order valence-corrected chi connectivity index (χ1v) is 6.19. The summed E-state index contributed by atoms with van der Waals surface area (Å²) in [5.74, 6) is 0.149. The lowest BCUT2D eigenvalue weighted by Crippen LogP contribution is -2.34. The average Bonchev–Trinajstić information content (AvgIpc) is 2.57. The molecule has 0 spiro atoms. The van der Waals surface area contributed by atoms with Gasteiger partial charge in [0.1, 0.15) is 0 Å². The number of nitrogens with one attached hydrogen (secondary N) is 1. The van der Waals surface area contributed by atoms with E-state index in [9.17, 15) is 4.79 Å². The summed E-state index contributed by atoms with van der Waals surface area (Å²) in [6.45, 7) is 4.74. The monoisotopic (exact) mass is 243 g/mol.